The van der Waals surface area contributed by atoms with Crippen LogP contribution in [0, 0.1) is 6.92 Å². The number of Topliss-reactive ketones (excluding diaryl/α,β-unsaturated/α-hetero) is 1. The lowest BCUT2D eigenvalue weighted by Crippen LogP contribution is -2.22. The second-order valence-electron chi connectivity index (χ2n) is 6.52. The van der Waals surface area contributed by atoms with E-state index in [-0.39, 0.29) is 24.7 Å². The molecular weight excluding hydrogens is 378 g/mol. The van der Waals surface area contributed by atoms with Crippen LogP contribution in [0.2, 0.25) is 0 Å². The molecule has 1 N–H and O–H groups in total. The molecule has 0 unspecified atom stereocenters. The number of rotatable bonds is 8. The lowest BCUT2D eigenvalue weighted by Gasteiger charge is -2.03. The average Bonchev–Trinajstić information content (AvgIpc) is 3.26. The highest BCUT2D eigenvalue weighted by Gasteiger charge is 2.15. The normalized spacial score (nSPS) is 10.8. The van der Waals surface area contributed by atoms with E-state index in [1.165, 1.54) is 18.3 Å². The molecule has 0 aliphatic carbocycles. The third-order valence-electron chi connectivity index (χ3n) is 4.19. The van der Waals surface area contributed by atoms with Gasteiger partial charge in [-0.05, 0) is 37.1 Å². The Morgan fingerprint density at radius 2 is 2.00 bits per heavy atom. The maximum atomic E-state index is 12.2. The number of furan rings is 1. The molecule has 1 aromatic carbocycles. The van der Waals surface area contributed by atoms with E-state index in [9.17, 15) is 14.4 Å². The number of amides is 1. The van der Waals surface area contributed by atoms with Crippen LogP contribution in [0.15, 0.2) is 41.0 Å². The van der Waals surface area contributed by atoms with Gasteiger partial charge in [-0.15, -0.1) is 11.3 Å². The minimum atomic E-state index is -0.473. The number of ketones is 1. The Balaban J connectivity index is 1.50. The number of carbonyl (C=O) groups excluding carboxylic acids is 3. The van der Waals surface area contributed by atoms with Gasteiger partial charge in [-0.1, -0.05) is 12.1 Å². The van der Waals surface area contributed by atoms with E-state index < -0.39 is 5.97 Å². The molecule has 0 saturated heterocycles. The first-order valence-electron chi connectivity index (χ1n) is 8.91. The van der Waals surface area contributed by atoms with Gasteiger partial charge in [0.25, 0.3) is 0 Å². The summed E-state index contributed by atoms with van der Waals surface area (Å²) in [6.07, 6.45) is 2.26. The van der Waals surface area contributed by atoms with Crippen LogP contribution in [0.5, 0.6) is 0 Å². The van der Waals surface area contributed by atoms with Crippen molar-refractivity contribution in [1.29, 1.82) is 0 Å². The van der Waals surface area contributed by atoms with Crippen molar-refractivity contribution in [2.24, 2.45) is 0 Å². The zero-order valence-electron chi connectivity index (χ0n) is 15.7. The lowest BCUT2D eigenvalue weighted by atomic mass is 10.1. The van der Waals surface area contributed by atoms with E-state index in [2.05, 4.69) is 5.32 Å². The van der Waals surface area contributed by atoms with Crippen LogP contribution in [0.25, 0.3) is 11.0 Å². The molecule has 3 aromatic rings. The predicted octanol–water partition coefficient (Wildman–Crippen LogP) is 3.45. The third-order valence-corrected chi connectivity index (χ3v) is 5.38. The largest absolute Gasteiger partial charge is 0.464 e. The Labute approximate surface area is 166 Å². The topological polar surface area (TPSA) is 85.6 Å². The first-order valence-corrected chi connectivity index (χ1v) is 9.72. The molecule has 0 spiro atoms. The van der Waals surface area contributed by atoms with Gasteiger partial charge in [0.15, 0.2) is 6.61 Å². The Morgan fingerprint density at radius 3 is 2.79 bits per heavy atom. The standard InChI is InChI=1S/C21H21NO5S/c1-13-3-5-17-15(11-26-19(17)9-13)10-21(25)27-12-18(24)20-6-4-16(28-20)7-8-22-14(2)23/h3-6,9,11H,7-8,10,12H2,1-2H3,(H,22,23). The number of fused-ring (bicyclic) bond motifs is 1. The molecule has 0 bridgehead atoms. The molecule has 0 saturated carbocycles. The van der Waals surface area contributed by atoms with E-state index in [1.807, 2.05) is 31.2 Å². The van der Waals surface area contributed by atoms with E-state index in [0.717, 1.165) is 27.0 Å². The predicted molar refractivity (Wildman–Crippen MR) is 107 cm³/mol. The van der Waals surface area contributed by atoms with Gasteiger partial charge < -0.3 is 14.5 Å². The molecule has 28 heavy (non-hydrogen) atoms. The van der Waals surface area contributed by atoms with Crippen LogP contribution < -0.4 is 5.32 Å². The van der Waals surface area contributed by atoms with Crippen molar-refractivity contribution in [3.63, 3.8) is 0 Å². The van der Waals surface area contributed by atoms with Crippen LogP contribution in [-0.2, 0) is 27.2 Å². The summed E-state index contributed by atoms with van der Waals surface area (Å²) >= 11 is 1.35. The fourth-order valence-electron chi connectivity index (χ4n) is 2.77. The molecule has 7 heteroatoms. The Kier molecular flexibility index (Phi) is 6.26. The average molecular weight is 399 g/mol. The van der Waals surface area contributed by atoms with Crippen molar-refractivity contribution in [3.8, 4) is 0 Å². The fourth-order valence-corrected chi connectivity index (χ4v) is 3.71. The summed E-state index contributed by atoms with van der Waals surface area (Å²) in [4.78, 5) is 36.8. The molecule has 0 aliphatic heterocycles. The van der Waals surface area contributed by atoms with Gasteiger partial charge in [0.1, 0.15) is 5.58 Å². The van der Waals surface area contributed by atoms with Crippen LogP contribution in [0.3, 0.4) is 0 Å². The van der Waals surface area contributed by atoms with E-state index in [0.29, 0.717) is 17.8 Å². The molecule has 0 aliphatic rings. The lowest BCUT2D eigenvalue weighted by molar-refractivity contribution is -0.141. The highest BCUT2D eigenvalue weighted by molar-refractivity contribution is 7.14. The summed E-state index contributed by atoms with van der Waals surface area (Å²) in [5, 5.41) is 3.59. The number of nitrogens with one attached hydrogen (secondary N) is 1. The molecular formula is C21H21NO5S. The zero-order chi connectivity index (χ0) is 20.1. The van der Waals surface area contributed by atoms with Crippen LogP contribution >= 0.6 is 11.3 Å². The van der Waals surface area contributed by atoms with Gasteiger partial charge in [0, 0.05) is 29.3 Å². The number of ether oxygens (including phenoxy) is 1. The summed E-state index contributed by atoms with van der Waals surface area (Å²) in [5.74, 6) is -0.795. The van der Waals surface area contributed by atoms with Crippen molar-refractivity contribution in [3.05, 3.63) is 57.5 Å². The highest BCUT2D eigenvalue weighted by atomic mass is 32.1. The van der Waals surface area contributed by atoms with Crippen LogP contribution in [-0.4, -0.2) is 30.8 Å². The summed E-state index contributed by atoms with van der Waals surface area (Å²) in [6, 6.07) is 9.34. The van der Waals surface area contributed by atoms with E-state index in [1.54, 1.807) is 12.3 Å². The van der Waals surface area contributed by atoms with Gasteiger partial charge in [-0.25, -0.2) is 0 Å². The summed E-state index contributed by atoms with van der Waals surface area (Å²) in [7, 11) is 0. The van der Waals surface area contributed by atoms with Crippen molar-refractivity contribution in [1.82, 2.24) is 5.32 Å². The quantitative estimate of drug-likeness (QED) is 0.463. The maximum absolute atomic E-state index is 12.2. The minimum absolute atomic E-state index is 0.0513. The molecule has 0 radical (unpaired) electrons. The van der Waals surface area contributed by atoms with Gasteiger partial charge in [-0.3, -0.25) is 14.4 Å². The summed E-state index contributed by atoms with van der Waals surface area (Å²) in [6.45, 7) is 3.67. The molecule has 6 nitrogen and oxygen atoms in total. The van der Waals surface area contributed by atoms with Crippen molar-refractivity contribution in [2.75, 3.05) is 13.2 Å². The highest BCUT2D eigenvalue weighted by Crippen LogP contribution is 2.23. The zero-order valence-corrected chi connectivity index (χ0v) is 16.6. The molecule has 1 amide bonds. The van der Waals surface area contributed by atoms with Crippen LogP contribution in [0.4, 0.5) is 0 Å². The van der Waals surface area contributed by atoms with Gasteiger partial charge in [-0.2, -0.15) is 0 Å². The molecule has 146 valence electrons. The number of benzene rings is 1. The maximum Gasteiger partial charge on any atom is 0.310 e. The third kappa shape index (κ3) is 5.07. The monoisotopic (exact) mass is 399 g/mol. The number of hydrogen-bond donors (Lipinski definition) is 1. The van der Waals surface area contributed by atoms with E-state index >= 15 is 0 Å². The van der Waals surface area contributed by atoms with Crippen molar-refractivity contribution < 1.29 is 23.5 Å². The van der Waals surface area contributed by atoms with Gasteiger partial charge >= 0.3 is 5.97 Å². The molecule has 2 aromatic heterocycles. The van der Waals surface area contributed by atoms with Crippen LogP contribution in [0.1, 0.15) is 32.6 Å². The van der Waals surface area contributed by atoms with Gasteiger partial charge in [0.05, 0.1) is 17.6 Å². The number of thiophene rings is 1. The molecule has 3 rings (SSSR count). The smallest absolute Gasteiger partial charge is 0.310 e. The van der Waals surface area contributed by atoms with Crippen molar-refractivity contribution >= 4 is 40.0 Å². The Bertz CT molecular complexity index is 1020. The minimum Gasteiger partial charge on any atom is -0.464 e. The number of esters is 1. The van der Waals surface area contributed by atoms with Gasteiger partial charge in [0.2, 0.25) is 11.7 Å². The molecule has 2 heterocycles. The second-order valence-corrected chi connectivity index (χ2v) is 7.69. The van der Waals surface area contributed by atoms with E-state index in [4.69, 9.17) is 9.15 Å². The second kappa shape index (κ2) is 8.84. The summed E-state index contributed by atoms with van der Waals surface area (Å²) in [5.41, 5.74) is 2.54. The Morgan fingerprint density at radius 1 is 1.18 bits per heavy atom. The number of carbonyl (C=O) groups is 3. The first-order chi connectivity index (χ1) is 13.4. The fraction of sp³-hybridized carbons (Fsp3) is 0.286. The molecule has 0 atom stereocenters. The summed E-state index contributed by atoms with van der Waals surface area (Å²) < 4.78 is 10.6. The van der Waals surface area contributed by atoms with Crippen molar-refractivity contribution in [2.45, 2.75) is 26.7 Å². The number of aryl methyl sites for hydroxylation is 1. The first kappa shape index (κ1) is 19.8. The Hall–Kier alpha value is -2.93. The molecule has 0 fully saturated rings. The SMILES string of the molecule is CC(=O)NCCc1ccc(C(=O)COC(=O)Cc2coc3cc(C)ccc23)s1. The number of hydrogen-bond acceptors (Lipinski definition) is 6.